The molecular formula is C19H28F3N9O2. The Balaban J connectivity index is 1.64. The monoisotopic (exact) mass is 471 g/mol. The van der Waals surface area contributed by atoms with Gasteiger partial charge in [0, 0.05) is 45.0 Å². The summed E-state index contributed by atoms with van der Waals surface area (Å²) in [6.45, 7) is 9.87. The van der Waals surface area contributed by atoms with Gasteiger partial charge in [0.25, 0.3) is 5.95 Å². The fourth-order valence-electron chi connectivity index (χ4n) is 3.57. The Kier molecular flexibility index (Phi) is 6.93. The van der Waals surface area contributed by atoms with E-state index < -0.39 is 23.9 Å². The van der Waals surface area contributed by atoms with E-state index in [0.717, 1.165) is 12.4 Å². The summed E-state index contributed by atoms with van der Waals surface area (Å²) >= 11 is 0. The van der Waals surface area contributed by atoms with Crippen LogP contribution < -0.4 is 15.5 Å². The molecule has 3 rings (SSSR count). The molecule has 14 heteroatoms. The number of tetrazole rings is 1. The first-order valence-corrected chi connectivity index (χ1v) is 10.5. The summed E-state index contributed by atoms with van der Waals surface area (Å²) in [5.41, 5.74) is 3.99. The summed E-state index contributed by atoms with van der Waals surface area (Å²) in [6, 6.07) is -0.199. The van der Waals surface area contributed by atoms with Crippen molar-refractivity contribution in [1.82, 2.24) is 30.2 Å². The molecule has 1 amide bonds. The number of aromatic nitrogens is 6. The summed E-state index contributed by atoms with van der Waals surface area (Å²) in [7, 11) is 0. The molecule has 0 aromatic carbocycles. The van der Waals surface area contributed by atoms with Crippen molar-refractivity contribution in [1.29, 1.82) is 0 Å². The smallest absolute Gasteiger partial charge is 0.419 e. The molecule has 2 aromatic rings. The van der Waals surface area contributed by atoms with Gasteiger partial charge in [-0.15, -0.1) is 5.10 Å². The number of carbonyl (C=O) groups excluding carboxylic acids is 1. The molecule has 2 N–H and O–H groups in total. The summed E-state index contributed by atoms with van der Waals surface area (Å²) in [5, 5.41) is 12.9. The Hall–Kier alpha value is -3.19. The van der Waals surface area contributed by atoms with E-state index in [1.54, 1.807) is 6.92 Å². The lowest BCUT2D eigenvalue weighted by Crippen LogP contribution is -2.47. The fraction of sp³-hybridized carbons (Fsp3) is 0.684. The van der Waals surface area contributed by atoms with E-state index in [0.29, 0.717) is 38.5 Å². The van der Waals surface area contributed by atoms with Crippen molar-refractivity contribution in [2.24, 2.45) is 11.1 Å². The maximum Gasteiger partial charge on any atom is 0.419 e. The molecule has 2 aromatic heterocycles. The molecule has 2 unspecified atom stereocenters. The Morgan fingerprint density at radius 2 is 1.64 bits per heavy atom. The predicted octanol–water partition coefficient (Wildman–Crippen LogP) is 2.27. The second-order valence-electron chi connectivity index (χ2n) is 9.02. The first kappa shape index (κ1) is 24.5. The van der Waals surface area contributed by atoms with Gasteiger partial charge in [-0.1, -0.05) is 25.9 Å². The van der Waals surface area contributed by atoms with Gasteiger partial charge >= 0.3 is 12.3 Å². The maximum atomic E-state index is 12.7. The Morgan fingerprint density at radius 3 is 2.12 bits per heavy atom. The van der Waals surface area contributed by atoms with Gasteiger partial charge in [0.05, 0.1) is 11.6 Å². The quantitative estimate of drug-likeness (QED) is 0.675. The zero-order valence-electron chi connectivity index (χ0n) is 19.0. The van der Waals surface area contributed by atoms with Crippen molar-refractivity contribution in [2.75, 3.05) is 36.0 Å². The van der Waals surface area contributed by atoms with Gasteiger partial charge < -0.3 is 20.3 Å². The molecule has 0 aliphatic carbocycles. The molecule has 1 fully saturated rings. The molecule has 2 atom stereocenters. The van der Waals surface area contributed by atoms with Gasteiger partial charge in [0.1, 0.15) is 6.10 Å². The number of nitrogens with two attached hydrogens (primary N) is 1. The second-order valence-corrected chi connectivity index (χ2v) is 9.02. The van der Waals surface area contributed by atoms with Crippen LogP contribution in [-0.2, 0) is 10.9 Å². The van der Waals surface area contributed by atoms with Gasteiger partial charge in [-0.05, 0) is 17.6 Å². The molecule has 0 saturated carbocycles. The average molecular weight is 471 g/mol. The number of amides is 1. The van der Waals surface area contributed by atoms with Crippen LogP contribution in [-0.4, -0.2) is 68.6 Å². The van der Waals surface area contributed by atoms with Crippen LogP contribution in [0.5, 0.6) is 0 Å². The first-order valence-electron chi connectivity index (χ1n) is 10.5. The summed E-state index contributed by atoms with van der Waals surface area (Å²) in [6.07, 6.45) is -3.69. The normalized spacial score (nSPS) is 17.1. The molecule has 182 valence electrons. The van der Waals surface area contributed by atoms with Crippen LogP contribution in [0.25, 0.3) is 0 Å². The molecule has 0 spiro atoms. The lowest BCUT2D eigenvalue weighted by molar-refractivity contribution is -0.138. The molecule has 33 heavy (non-hydrogen) atoms. The van der Waals surface area contributed by atoms with E-state index in [2.05, 4.69) is 25.4 Å². The highest BCUT2D eigenvalue weighted by Gasteiger charge is 2.33. The average Bonchev–Trinajstić information content (AvgIpc) is 3.20. The van der Waals surface area contributed by atoms with Gasteiger partial charge in [-0.25, -0.2) is 14.8 Å². The number of carbonyl (C=O) groups is 1. The summed E-state index contributed by atoms with van der Waals surface area (Å²) in [4.78, 5) is 24.0. The number of piperazine rings is 1. The fourth-order valence-corrected chi connectivity index (χ4v) is 3.57. The SMILES string of the molecule is CC(CC(n1nnc(N2CCN(c3ncc(C(F)(F)F)cn3)CC2)n1)C(C)(C)C)OC(N)=O. The number of alkyl halides is 3. The zero-order chi connectivity index (χ0) is 24.4. The lowest BCUT2D eigenvalue weighted by atomic mass is 9.84. The van der Waals surface area contributed by atoms with E-state index >= 15 is 0 Å². The molecule has 3 heterocycles. The van der Waals surface area contributed by atoms with E-state index in [-0.39, 0.29) is 17.4 Å². The number of hydrogen-bond donors (Lipinski definition) is 1. The van der Waals surface area contributed by atoms with Gasteiger partial charge in [0.2, 0.25) is 5.95 Å². The third-order valence-electron chi connectivity index (χ3n) is 5.38. The number of nitrogens with zero attached hydrogens (tertiary/aromatic N) is 8. The zero-order valence-corrected chi connectivity index (χ0v) is 19.0. The minimum absolute atomic E-state index is 0.199. The first-order chi connectivity index (χ1) is 15.3. The third kappa shape index (κ3) is 6.20. The van der Waals surface area contributed by atoms with Gasteiger partial charge in [-0.2, -0.15) is 18.0 Å². The number of hydrogen-bond acceptors (Lipinski definition) is 9. The van der Waals surface area contributed by atoms with E-state index in [9.17, 15) is 18.0 Å². The second kappa shape index (κ2) is 9.35. The van der Waals surface area contributed by atoms with Crippen molar-refractivity contribution in [3.8, 4) is 0 Å². The lowest BCUT2D eigenvalue weighted by Gasteiger charge is -2.34. The Labute approximate surface area is 189 Å². The van der Waals surface area contributed by atoms with E-state index in [1.165, 1.54) is 4.80 Å². The Bertz CT molecular complexity index is 935. The molecular weight excluding hydrogens is 443 g/mol. The van der Waals surface area contributed by atoms with Crippen LogP contribution in [0.1, 0.15) is 45.7 Å². The molecule has 0 bridgehead atoms. The van der Waals surface area contributed by atoms with Crippen LogP contribution in [0.15, 0.2) is 12.4 Å². The molecule has 1 saturated heterocycles. The number of rotatable bonds is 6. The Morgan fingerprint density at radius 1 is 1.09 bits per heavy atom. The highest BCUT2D eigenvalue weighted by molar-refractivity contribution is 5.64. The number of primary amides is 1. The topological polar surface area (TPSA) is 128 Å². The third-order valence-corrected chi connectivity index (χ3v) is 5.38. The van der Waals surface area contributed by atoms with Crippen LogP contribution in [0, 0.1) is 5.41 Å². The molecule has 11 nitrogen and oxygen atoms in total. The van der Waals surface area contributed by atoms with Crippen LogP contribution in [0.3, 0.4) is 0 Å². The van der Waals surface area contributed by atoms with Crippen molar-refractivity contribution < 1.29 is 22.7 Å². The van der Waals surface area contributed by atoms with E-state index in [1.807, 2.05) is 30.6 Å². The summed E-state index contributed by atoms with van der Waals surface area (Å²) in [5.74, 6) is 0.691. The predicted molar refractivity (Wildman–Crippen MR) is 113 cm³/mol. The van der Waals surface area contributed by atoms with Crippen LogP contribution >= 0.6 is 0 Å². The number of ether oxygens (including phenoxy) is 1. The van der Waals surface area contributed by atoms with Gasteiger partial charge in [-0.3, -0.25) is 0 Å². The van der Waals surface area contributed by atoms with Gasteiger partial charge in [0.15, 0.2) is 0 Å². The van der Waals surface area contributed by atoms with Crippen molar-refractivity contribution in [3.05, 3.63) is 18.0 Å². The van der Waals surface area contributed by atoms with E-state index in [4.69, 9.17) is 10.5 Å². The van der Waals surface area contributed by atoms with Crippen molar-refractivity contribution in [2.45, 2.75) is 52.4 Å². The van der Waals surface area contributed by atoms with Crippen LogP contribution in [0.4, 0.5) is 29.9 Å². The molecule has 0 radical (unpaired) electrons. The number of anilines is 2. The highest BCUT2D eigenvalue weighted by Crippen LogP contribution is 2.34. The number of halogens is 3. The van der Waals surface area contributed by atoms with Crippen LogP contribution in [0.2, 0.25) is 0 Å². The molecule has 1 aliphatic heterocycles. The minimum atomic E-state index is -4.47. The summed E-state index contributed by atoms with van der Waals surface area (Å²) < 4.78 is 43.2. The standard InChI is InChI=1S/C19H28F3N9O2/c1-12(33-15(23)32)9-14(18(2,3)4)31-27-17(26-28-31)30-7-5-29(6-8-30)16-24-10-13(11-25-16)19(20,21)22/h10-12,14H,5-9H2,1-4H3,(H2,23,32). The van der Waals surface area contributed by atoms with Crippen molar-refractivity contribution >= 4 is 18.0 Å². The minimum Gasteiger partial charge on any atom is -0.447 e. The van der Waals surface area contributed by atoms with Crippen molar-refractivity contribution in [3.63, 3.8) is 0 Å². The maximum absolute atomic E-state index is 12.7. The highest BCUT2D eigenvalue weighted by atomic mass is 19.4. The largest absolute Gasteiger partial charge is 0.447 e. The molecule has 1 aliphatic rings.